The molecule has 0 spiro atoms. The Morgan fingerprint density at radius 2 is 1.95 bits per heavy atom. The van der Waals surface area contributed by atoms with Crippen molar-refractivity contribution < 1.29 is 4.74 Å². The van der Waals surface area contributed by atoms with Crippen LogP contribution in [0.5, 0.6) is 0 Å². The van der Waals surface area contributed by atoms with Crippen LogP contribution in [0, 0.1) is 5.92 Å². The molecule has 22 heavy (non-hydrogen) atoms. The van der Waals surface area contributed by atoms with E-state index in [4.69, 9.17) is 4.74 Å². The molecule has 1 heterocycles. The topological polar surface area (TPSA) is 48.9 Å². The van der Waals surface area contributed by atoms with Gasteiger partial charge in [0.25, 0.3) is 0 Å². The van der Waals surface area contributed by atoms with E-state index in [1.165, 1.54) is 38.9 Å². The van der Waals surface area contributed by atoms with Gasteiger partial charge in [-0.2, -0.15) is 0 Å². The first-order chi connectivity index (χ1) is 10.8. The molecule has 0 radical (unpaired) electrons. The van der Waals surface area contributed by atoms with Gasteiger partial charge in [-0.3, -0.25) is 4.99 Å². The number of ether oxygens (including phenoxy) is 1. The van der Waals surface area contributed by atoms with Crippen molar-refractivity contribution >= 4 is 5.96 Å². The zero-order valence-electron chi connectivity index (χ0n) is 14.9. The Kier molecular flexibility index (Phi) is 11.1. The maximum atomic E-state index is 5.33. The van der Waals surface area contributed by atoms with E-state index in [9.17, 15) is 0 Å². The summed E-state index contributed by atoms with van der Waals surface area (Å²) in [5, 5.41) is 6.73. The number of guanidine groups is 1. The molecule has 130 valence electrons. The van der Waals surface area contributed by atoms with Gasteiger partial charge in [0, 0.05) is 32.8 Å². The van der Waals surface area contributed by atoms with E-state index >= 15 is 0 Å². The molecular formula is C17H36N4O. The van der Waals surface area contributed by atoms with E-state index in [0.29, 0.717) is 0 Å². The van der Waals surface area contributed by atoms with Crippen molar-refractivity contribution in [3.05, 3.63) is 0 Å². The highest BCUT2D eigenvalue weighted by molar-refractivity contribution is 5.79. The molecule has 1 rings (SSSR count). The first-order valence-corrected chi connectivity index (χ1v) is 9.08. The van der Waals surface area contributed by atoms with Crippen molar-refractivity contribution in [1.82, 2.24) is 15.5 Å². The van der Waals surface area contributed by atoms with Gasteiger partial charge in [0.2, 0.25) is 0 Å². The number of nitrogens with one attached hydrogen (secondary N) is 2. The van der Waals surface area contributed by atoms with Crippen molar-refractivity contribution in [2.75, 3.05) is 52.5 Å². The predicted molar refractivity (Wildman–Crippen MR) is 94.5 cm³/mol. The number of piperidine rings is 1. The number of aliphatic imine (C=N–C) groups is 1. The van der Waals surface area contributed by atoms with E-state index in [0.717, 1.165) is 51.1 Å². The average Bonchev–Trinajstić information content (AvgIpc) is 2.53. The lowest BCUT2D eigenvalue weighted by atomic mass is 9.99. The molecule has 1 fully saturated rings. The molecule has 0 aliphatic carbocycles. The van der Waals surface area contributed by atoms with Crippen molar-refractivity contribution in [3.8, 4) is 0 Å². The quantitative estimate of drug-likeness (QED) is 0.368. The molecule has 0 aromatic heterocycles. The van der Waals surface area contributed by atoms with Crippen LogP contribution in [0.3, 0.4) is 0 Å². The maximum absolute atomic E-state index is 5.33. The highest BCUT2D eigenvalue weighted by Crippen LogP contribution is 2.15. The lowest BCUT2D eigenvalue weighted by Gasteiger charge is -2.30. The molecular weight excluding hydrogens is 276 g/mol. The van der Waals surface area contributed by atoms with Crippen molar-refractivity contribution in [2.24, 2.45) is 10.9 Å². The van der Waals surface area contributed by atoms with Crippen LogP contribution >= 0.6 is 0 Å². The van der Waals surface area contributed by atoms with E-state index in [2.05, 4.69) is 34.4 Å². The fourth-order valence-electron chi connectivity index (χ4n) is 2.64. The molecule has 0 unspecified atom stereocenters. The molecule has 1 aliphatic heterocycles. The Morgan fingerprint density at radius 1 is 1.18 bits per heavy atom. The van der Waals surface area contributed by atoms with Crippen LogP contribution in [0.15, 0.2) is 4.99 Å². The van der Waals surface area contributed by atoms with Crippen molar-refractivity contribution in [1.29, 1.82) is 0 Å². The monoisotopic (exact) mass is 312 g/mol. The van der Waals surface area contributed by atoms with Gasteiger partial charge in [-0.15, -0.1) is 0 Å². The van der Waals surface area contributed by atoms with E-state index in [-0.39, 0.29) is 0 Å². The van der Waals surface area contributed by atoms with Crippen LogP contribution in [0.4, 0.5) is 0 Å². The molecule has 1 aliphatic rings. The summed E-state index contributed by atoms with van der Waals surface area (Å²) in [4.78, 5) is 7.17. The van der Waals surface area contributed by atoms with Gasteiger partial charge < -0.3 is 20.3 Å². The summed E-state index contributed by atoms with van der Waals surface area (Å²) in [6, 6.07) is 0. The minimum Gasteiger partial charge on any atom is -0.382 e. The zero-order valence-corrected chi connectivity index (χ0v) is 14.9. The number of hydrogen-bond acceptors (Lipinski definition) is 3. The Bertz CT molecular complexity index is 288. The molecule has 5 nitrogen and oxygen atoms in total. The van der Waals surface area contributed by atoms with Crippen LogP contribution in [0.25, 0.3) is 0 Å². The van der Waals surface area contributed by atoms with E-state index in [1.54, 1.807) is 0 Å². The largest absolute Gasteiger partial charge is 0.382 e. The van der Waals surface area contributed by atoms with Gasteiger partial charge >= 0.3 is 0 Å². The second-order valence-electron chi connectivity index (χ2n) is 6.12. The van der Waals surface area contributed by atoms with Gasteiger partial charge in [-0.25, -0.2) is 0 Å². The van der Waals surface area contributed by atoms with Crippen LogP contribution < -0.4 is 10.6 Å². The maximum Gasteiger partial charge on any atom is 0.191 e. The van der Waals surface area contributed by atoms with Gasteiger partial charge in [0.1, 0.15) is 0 Å². The highest BCUT2D eigenvalue weighted by Gasteiger charge is 2.14. The fraction of sp³-hybridized carbons (Fsp3) is 0.941. The summed E-state index contributed by atoms with van der Waals surface area (Å²) in [6.07, 6.45) is 4.88. The minimum atomic E-state index is 0.789. The normalized spacial score (nSPS) is 17.7. The molecule has 0 aromatic rings. The molecule has 1 saturated heterocycles. The fourth-order valence-corrected chi connectivity index (χ4v) is 2.64. The van der Waals surface area contributed by atoms with Crippen molar-refractivity contribution in [2.45, 2.75) is 46.5 Å². The summed E-state index contributed by atoms with van der Waals surface area (Å²) >= 11 is 0. The van der Waals surface area contributed by atoms with Crippen molar-refractivity contribution in [3.63, 3.8) is 0 Å². The Labute approximate surface area is 136 Å². The molecule has 2 N–H and O–H groups in total. The summed E-state index contributed by atoms with van der Waals surface area (Å²) in [7, 11) is 0. The number of nitrogens with zero attached hydrogens (tertiary/aromatic N) is 2. The molecule has 0 amide bonds. The SMILES string of the molecule is CCNC(=NCCCOCC)NCCCN1CCC(C)CC1. The van der Waals surface area contributed by atoms with Gasteiger partial charge in [-0.1, -0.05) is 6.92 Å². The second-order valence-corrected chi connectivity index (χ2v) is 6.12. The number of likely N-dealkylation sites (tertiary alicyclic amines) is 1. The summed E-state index contributed by atoms with van der Waals surface area (Å²) < 4.78 is 5.33. The molecule has 5 heteroatoms. The molecule has 0 bridgehead atoms. The Morgan fingerprint density at radius 3 is 2.64 bits per heavy atom. The minimum absolute atomic E-state index is 0.789. The van der Waals surface area contributed by atoms with Crippen LogP contribution in [0.1, 0.15) is 46.5 Å². The van der Waals surface area contributed by atoms with E-state index in [1.807, 2.05) is 6.92 Å². The molecule has 0 saturated carbocycles. The Hall–Kier alpha value is -0.810. The predicted octanol–water partition coefficient (Wildman–Crippen LogP) is 2.09. The third kappa shape index (κ3) is 9.26. The number of rotatable bonds is 10. The standard InChI is InChI=1S/C17H36N4O/c1-4-18-17(20-11-7-15-22-5-2)19-10-6-12-21-13-8-16(3)9-14-21/h16H,4-15H2,1-3H3,(H2,18,19,20). The first-order valence-electron chi connectivity index (χ1n) is 9.08. The second kappa shape index (κ2) is 12.7. The van der Waals surface area contributed by atoms with Crippen LogP contribution in [0.2, 0.25) is 0 Å². The van der Waals surface area contributed by atoms with Crippen LogP contribution in [-0.2, 0) is 4.74 Å². The summed E-state index contributed by atoms with van der Waals surface area (Å²) in [5.74, 6) is 1.85. The Balaban J connectivity index is 2.11. The first kappa shape index (κ1) is 19.2. The third-order valence-corrected chi connectivity index (χ3v) is 4.08. The third-order valence-electron chi connectivity index (χ3n) is 4.08. The smallest absolute Gasteiger partial charge is 0.191 e. The number of hydrogen-bond donors (Lipinski definition) is 2. The summed E-state index contributed by atoms with van der Waals surface area (Å²) in [5.41, 5.74) is 0. The molecule has 0 aromatic carbocycles. The molecule has 0 atom stereocenters. The van der Waals surface area contributed by atoms with Crippen LogP contribution in [-0.4, -0.2) is 63.3 Å². The van der Waals surface area contributed by atoms with Gasteiger partial charge in [0.15, 0.2) is 5.96 Å². The summed E-state index contributed by atoms with van der Waals surface area (Å²) in [6.45, 7) is 14.5. The lowest BCUT2D eigenvalue weighted by Crippen LogP contribution is -2.39. The highest BCUT2D eigenvalue weighted by atomic mass is 16.5. The lowest BCUT2D eigenvalue weighted by molar-refractivity contribution is 0.146. The van der Waals surface area contributed by atoms with Gasteiger partial charge in [0.05, 0.1) is 0 Å². The average molecular weight is 313 g/mol. The van der Waals surface area contributed by atoms with Gasteiger partial charge in [-0.05, 0) is 65.1 Å². The van der Waals surface area contributed by atoms with E-state index < -0.39 is 0 Å². The zero-order chi connectivity index (χ0) is 16.0.